The van der Waals surface area contributed by atoms with Crippen LogP contribution in [0.15, 0.2) is 29.8 Å². The van der Waals surface area contributed by atoms with Crippen LogP contribution in [0.1, 0.15) is 44.1 Å². The Hall–Kier alpha value is -2.48. The van der Waals surface area contributed by atoms with Crippen LogP contribution in [0.5, 0.6) is 0 Å². The van der Waals surface area contributed by atoms with E-state index in [0.29, 0.717) is 5.56 Å². The summed E-state index contributed by atoms with van der Waals surface area (Å²) < 4.78 is 13.1. The van der Waals surface area contributed by atoms with Crippen LogP contribution in [0.3, 0.4) is 0 Å². The molecule has 0 amide bonds. The lowest BCUT2D eigenvalue weighted by molar-refractivity contribution is -0.141. The summed E-state index contributed by atoms with van der Waals surface area (Å²) in [5.74, 6) is -3.13. The molecule has 126 valence electrons. The number of carboxylic acids is 1. The third-order valence-corrected chi connectivity index (χ3v) is 4.42. The number of carboxylic acid groups (broad SMARTS) is 1. The lowest BCUT2D eigenvalue weighted by atomic mass is 9.79. The van der Waals surface area contributed by atoms with E-state index in [9.17, 15) is 19.1 Å². The minimum absolute atomic E-state index is 0.141. The molecule has 0 bridgehead atoms. The van der Waals surface area contributed by atoms with Gasteiger partial charge < -0.3 is 5.11 Å². The van der Waals surface area contributed by atoms with Gasteiger partial charge in [0.25, 0.3) is 0 Å². The van der Waals surface area contributed by atoms with Crippen LogP contribution in [-0.2, 0) is 9.59 Å². The summed E-state index contributed by atoms with van der Waals surface area (Å²) in [7, 11) is 0. The Morgan fingerprint density at radius 3 is 2.42 bits per heavy atom. The molecule has 0 heterocycles. The molecule has 5 heteroatoms. The van der Waals surface area contributed by atoms with Crippen molar-refractivity contribution in [3.63, 3.8) is 0 Å². The second kappa shape index (κ2) is 8.39. The van der Waals surface area contributed by atoms with Gasteiger partial charge in [0.15, 0.2) is 5.78 Å². The molecule has 0 saturated heterocycles. The maximum atomic E-state index is 13.1. The first-order valence-corrected chi connectivity index (χ1v) is 8.14. The van der Waals surface area contributed by atoms with E-state index < -0.39 is 17.7 Å². The molecular weight excluding hydrogens is 309 g/mol. The molecule has 0 aliphatic heterocycles. The average Bonchev–Trinajstić information content (AvgIpc) is 2.59. The Bertz CT molecular complexity index is 667. The number of Topliss-reactive ketones (excluding diaryl/α,β-unsaturated/α-hetero) is 1. The third kappa shape index (κ3) is 4.51. The molecule has 24 heavy (non-hydrogen) atoms. The summed E-state index contributed by atoms with van der Waals surface area (Å²) >= 11 is 0. The molecule has 1 N–H and O–H groups in total. The standard InChI is InChI=1S/C19H20FNO3/c20-15-8-6-13(7-9-15)12-17(16(10-11-21)19(23)24)18(22)14-4-2-1-3-5-14/h6-9,12,14,16H,1-5,10H2,(H,23,24). The maximum absolute atomic E-state index is 13.1. The first-order valence-electron chi connectivity index (χ1n) is 8.14. The first kappa shape index (κ1) is 17.9. The van der Waals surface area contributed by atoms with E-state index in [1.807, 2.05) is 6.07 Å². The molecule has 1 aliphatic carbocycles. The highest BCUT2D eigenvalue weighted by molar-refractivity contribution is 6.05. The van der Waals surface area contributed by atoms with Gasteiger partial charge in [0.1, 0.15) is 5.82 Å². The van der Waals surface area contributed by atoms with Gasteiger partial charge in [-0.3, -0.25) is 9.59 Å². The van der Waals surface area contributed by atoms with Crippen LogP contribution >= 0.6 is 0 Å². The molecule has 1 atom stereocenters. The lowest BCUT2D eigenvalue weighted by Gasteiger charge is -2.23. The van der Waals surface area contributed by atoms with Gasteiger partial charge in [-0.15, -0.1) is 0 Å². The number of benzene rings is 1. The smallest absolute Gasteiger partial charge is 0.312 e. The number of ketones is 1. The van der Waals surface area contributed by atoms with Gasteiger partial charge in [-0.05, 0) is 36.6 Å². The summed E-state index contributed by atoms with van der Waals surface area (Å²) in [6.45, 7) is 0. The summed E-state index contributed by atoms with van der Waals surface area (Å²) in [4.78, 5) is 24.4. The molecule has 0 aromatic heterocycles. The minimum atomic E-state index is -1.19. The highest BCUT2D eigenvalue weighted by atomic mass is 19.1. The van der Waals surface area contributed by atoms with Crippen LogP contribution in [0.4, 0.5) is 4.39 Å². The molecule has 1 aromatic rings. The number of nitrogens with zero attached hydrogens (tertiary/aromatic N) is 1. The van der Waals surface area contributed by atoms with Crippen LogP contribution in [-0.4, -0.2) is 16.9 Å². The number of halogens is 1. The SMILES string of the molecule is N#CCC(C(=O)O)C(=Cc1ccc(F)cc1)C(=O)C1CCCCC1. The zero-order valence-electron chi connectivity index (χ0n) is 13.4. The molecule has 0 radical (unpaired) electrons. The molecule has 1 aromatic carbocycles. The van der Waals surface area contributed by atoms with Gasteiger partial charge >= 0.3 is 5.97 Å². The van der Waals surface area contributed by atoms with Gasteiger partial charge in [-0.25, -0.2) is 4.39 Å². The summed E-state index contributed by atoms with van der Waals surface area (Å²) in [5, 5.41) is 18.4. The zero-order chi connectivity index (χ0) is 17.5. The number of aliphatic carboxylic acids is 1. The molecule has 1 fully saturated rings. The summed E-state index contributed by atoms with van der Waals surface area (Å²) in [6.07, 6.45) is 5.72. The monoisotopic (exact) mass is 329 g/mol. The Morgan fingerprint density at radius 2 is 1.88 bits per heavy atom. The molecule has 1 saturated carbocycles. The van der Waals surface area contributed by atoms with Crippen molar-refractivity contribution in [2.45, 2.75) is 38.5 Å². The van der Waals surface area contributed by atoms with Crippen molar-refractivity contribution in [3.8, 4) is 6.07 Å². The number of hydrogen-bond donors (Lipinski definition) is 1. The third-order valence-electron chi connectivity index (χ3n) is 4.42. The maximum Gasteiger partial charge on any atom is 0.312 e. The number of carbonyl (C=O) groups excluding carboxylic acids is 1. The highest BCUT2D eigenvalue weighted by Crippen LogP contribution is 2.31. The number of nitriles is 1. The molecule has 2 rings (SSSR count). The first-order chi connectivity index (χ1) is 11.5. The van der Waals surface area contributed by atoms with Crippen molar-refractivity contribution >= 4 is 17.8 Å². The van der Waals surface area contributed by atoms with E-state index >= 15 is 0 Å². The van der Waals surface area contributed by atoms with E-state index in [-0.39, 0.29) is 23.7 Å². The summed E-state index contributed by atoms with van der Waals surface area (Å²) in [5.41, 5.74) is 0.697. The van der Waals surface area contributed by atoms with Gasteiger partial charge in [0, 0.05) is 11.5 Å². The van der Waals surface area contributed by atoms with Gasteiger partial charge in [-0.2, -0.15) is 5.26 Å². The van der Waals surface area contributed by atoms with Crippen LogP contribution in [0, 0.1) is 29.0 Å². The van der Waals surface area contributed by atoms with Gasteiger partial charge in [-0.1, -0.05) is 31.4 Å². The van der Waals surface area contributed by atoms with Crippen LogP contribution in [0.2, 0.25) is 0 Å². The predicted molar refractivity (Wildman–Crippen MR) is 87.3 cm³/mol. The Balaban J connectivity index is 2.39. The largest absolute Gasteiger partial charge is 0.481 e. The van der Waals surface area contributed by atoms with Crippen molar-refractivity contribution in [1.82, 2.24) is 0 Å². The normalized spacial score (nSPS) is 17.1. The molecule has 1 aliphatic rings. The van der Waals surface area contributed by atoms with Crippen molar-refractivity contribution in [2.75, 3.05) is 0 Å². The number of rotatable bonds is 6. The fourth-order valence-electron chi connectivity index (χ4n) is 3.10. The topological polar surface area (TPSA) is 78.2 Å². The van der Waals surface area contributed by atoms with Crippen molar-refractivity contribution in [2.24, 2.45) is 11.8 Å². The van der Waals surface area contributed by atoms with Crippen LogP contribution in [0.25, 0.3) is 6.08 Å². The lowest BCUT2D eigenvalue weighted by Crippen LogP contribution is -2.27. The quantitative estimate of drug-likeness (QED) is 0.801. The van der Waals surface area contributed by atoms with Gasteiger partial charge in [0.2, 0.25) is 0 Å². The average molecular weight is 329 g/mol. The van der Waals surface area contributed by atoms with E-state index in [0.717, 1.165) is 32.1 Å². The van der Waals surface area contributed by atoms with Crippen LogP contribution < -0.4 is 0 Å². The number of hydrogen-bond acceptors (Lipinski definition) is 3. The van der Waals surface area contributed by atoms with Crippen molar-refractivity contribution < 1.29 is 19.1 Å². The molecule has 4 nitrogen and oxygen atoms in total. The van der Waals surface area contributed by atoms with E-state index in [1.54, 1.807) is 0 Å². The van der Waals surface area contributed by atoms with Gasteiger partial charge in [0.05, 0.1) is 18.4 Å². The zero-order valence-corrected chi connectivity index (χ0v) is 13.4. The molecule has 0 spiro atoms. The van der Waals surface area contributed by atoms with E-state index in [4.69, 9.17) is 5.26 Å². The second-order valence-corrected chi connectivity index (χ2v) is 6.10. The Kier molecular flexibility index (Phi) is 6.25. The Labute approximate surface area is 140 Å². The second-order valence-electron chi connectivity index (χ2n) is 6.10. The Morgan fingerprint density at radius 1 is 1.25 bits per heavy atom. The predicted octanol–water partition coefficient (Wildman–Crippen LogP) is 3.97. The fourth-order valence-corrected chi connectivity index (χ4v) is 3.10. The number of carbonyl (C=O) groups is 2. The molecular formula is C19H20FNO3. The fraction of sp³-hybridized carbons (Fsp3) is 0.421. The van der Waals surface area contributed by atoms with Crippen molar-refractivity contribution in [1.29, 1.82) is 5.26 Å². The molecule has 1 unspecified atom stereocenters. The van der Waals surface area contributed by atoms with Crippen molar-refractivity contribution in [3.05, 3.63) is 41.2 Å². The van der Waals surface area contributed by atoms with E-state index in [2.05, 4.69) is 0 Å². The van der Waals surface area contributed by atoms with E-state index in [1.165, 1.54) is 30.3 Å². The minimum Gasteiger partial charge on any atom is -0.481 e. The summed E-state index contributed by atoms with van der Waals surface area (Å²) in [6, 6.07) is 7.36. The highest BCUT2D eigenvalue weighted by Gasteiger charge is 2.32.